The minimum atomic E-state index is -1.06. The van der Waals surface area contributed by atoms with Crippen molar-refractivity contribution < 1.29 is 34.4 Å². The number of hydrogen-bond acceptors (Lipinski definition) is 7. The highest BCUT2D eigenvalue weighted by atomic mass is 16.5. The molecule has 6 rings (SSSR count). The molecule has 1 aliphatic heterocycles. The molecule has 9 nitrogen and oxygen atoms in total. The van der Waals surface area contributed by atoms with E-state index in [0.29, 0.717) is 46.5 Å². The Bertz CT molecular complexity index is 1180. The maximum atomic E-state index is 14.2. The summed E-state index contributed by atoms with van der Waals surface area (Å²) in [6, 6.07) is 2.78. The van der Waals surface area contributed by atoms with E-state index in [9.17, 15) is 24.9 Å². The fourth-order valence-electron chi connectivity index (χ4n) is 8.52. The Morgan fingerprint density at radius 1 is 1.10 bits per heavy atom. The Hall–Kier alpha value is -2.62. The standard InChI is InChI=1S/C32H44N2O7/c1-40-26-14-19(17-36)13-23-28-24(32(39)33-9-10-35)16-25(29(38)31(28)41-30(23)26)34(22-5-3-2-4-6-22)27(37)15-21-12-18-7-8-20(21)11-18/h13-14,16,18,20-22,25,28-29,31,35-36,38H,2-12,15,17H2,1H3,(H,33,39). The molecule has 9 heteroatoms. The van der Waals surface area contributed by atoms with E-state index in [2.05, 4.69) is 5.32 Å². The number of nitrogens with zero attached hydrogens (tertiary/aromatic N) is 1. The van der Waals surface area contributed by atoms with Crippen LogP contribution in [0.25, 0.3) is 0 Å². The van der Waals surface area contributed by atoms with Gasteiger partial charge in [0.1, 0.15) is 12.2 Å². The largest absolute Gasteiger partial charge is 0.493 e. The Morgan fingerprint density at radius 3 is 2.56 bits per heavy atom. The zero-order valence-corrected chi connectivity index (χ0v) is 24.0. The molecule has 2 bridgehead atoms. The second kappa shape index (κ2) is 11.9. The lowest BCUT2D eigenvalue weighted by atomic mass is 9.76. The summed E-state index contributed by atoms with van der Waals surface area (Å²) in [4.78, 5) is 29.7. The zero-order valence-electron chi connectivity index (χ0n) is 24.0. The van der Waals surface area contributed by atoms with Crippen LogP contribution in [0, 0.1) is 17.8 Å². The van der Waals surface area contributed by atoms with Gasteiger partial charge in [-0.2, -0.15) is 0 Å². The minimum Gasteiger partial charge on any atom is -0.493 e. The van der Waals surface area contributed by atoms with Crippen molar-refractivity contribution >= 4 is 11.8 Å². The number of amides is 2. The predicted molar refractivity (Wildman–Crippen MR) is 151 cm³/mol. The number of aliphatic hydroxyl groups excluding tert-OH is 3. The summed E-state index contributed by atoms with van der Waals surface area (Å²) < 4.78 is 12.0. The first kappa shape index (κ1) is 28.5. The van der Waals surface area contributed by atoms with Gasteiger partial charge < -0.3 is 35.0 Å². The summed E-state index contributed by atoms with van der Waals surface area (Å²) >= 11 is 0. The number of aliphatic hydroxyl groups is 3. The van der Waals surface area contributed by atoms with Crippen molar-refractivity contribution in [2.45, 2.75) is 101 Å². The molecule has 41 heavy (non-hydrogen) atoms. The smallest absolute Gasteiger partial charge is 0.247 e. The summed E-state index contributed by atoms with van der Waals surface area (Å²) in [7, 11) is 1.52. The summed E-state index contributed by atoms with van der Waals surface area (Å²) in [5, 5.41) is 34.0. The normalized spacial score (nSPS) is 32.1. The van der Waals surface area contributed by atoms with Gasteiger partial charge in [-0.15, -0.1) is 0 Å². The van der Waals surface area contributed by atoms with Crippen molar-refractivity contribution in [3.8, 4) is 11.5 Å². The molecule has 4 aliphatic carbocycles. The third-order valence-corrected chi connectivity index (χ3v) is 10.4. The molecular weight excluding hydrogens is 524 g/mol. The molecule has 4 N–H and O–H groups in total. The fourth-order valence-corrected chi connectivity index (χ4v) is 8.52. The van der Waals surface area contributed by atoms with Gasteiger partial charge in [-0.3, -0.25) is 9.59 Å². The molecule has 224 valence electrons. The zero-order chi connectivity index (χ0) is 28.7. The average molecular weight is 569 g/mol. The number of hydrogen-bond donors (Lipinski definition) is 4. The molecule has 0 spiro atoms. The van der Waals surface area contributed by atoms with Gasteiger partial charge in [-0.25, -0.2) is 0 Å². The fraction of sp³-hybridized carbons (Fsp3) is 0.688. The van der Waals surface area contributed by atoms with Gasteiger partial charge in [0.15, 0.2) is 11.5 Å². The maximum absolute atomic E-state index is 14.2. The van der Waals surface area contributed by atoms with E-state index < -0.39 is 24.2 Å². The van der Waals surface area contributed by atoms with Crippen LogP contribution in [-0.4, -0.2) is 76.6 Å². The molecule has 3 saturated carbocycles. The van der Waals surface area contributed by atoms with Gasteiger partial charge in [-0.1, -0.05) is 25.7 Å². The predicted octanol–water partition coefficient (Wildman–Crippen LogP) is 2.80. The maximum Gasteiger partial charge on any atom is 0.247 e. The average Bonchev–Trinajstić information content (AvgIpc) is 3.72. The SMILES string of the molecule is COc1cc(CO)cc2c1OC1C2C(C(=O)NCCO)=CC(N(C(=O)CC2CC3CCC2C3)C2CCCCC2)C1O. The van der Waals surface area contributed by atoms with Crippen LogP contribution in [0.4, 0.5) is 0 Å². The second-order valence-corrected chi connectivity index (χ2v) is 12.7. The second-order valence-electron chi connectivity index (χ2n) is 12.7. The Balaban J connectivity index is 1.38. The van der Waals surface area contributed by atoms with Crippen LogP contribution in [0.2, 0.25) is 0 Å². The topological polar surface area (TPSA) is 129 Å². The van der Waals surface area contributed by atoms with E-state index in [1.807, 2.05) is 4.90 Å². The van der Waals surface area contributed by atoms with Gasteiger partial charge in [0.05, 0.1) is 32.3 Å². The summed E-state index contributed by atoms with van der Waals surface area (Å²) in [5.41, 5.74) is 1.68. The molecule has 7 unspecified atom stereocenters. The van der Waals surface area contributed by atoms with Gasteiger partial charge in [-0.05, 0) is 73.6 Å². The van der Waals surface area contributed by atoms with Gasteiger partial charge in [0, 0.05) is 30.1 Å². The molecule has 0 radical (unpaired) electrons. The van der Waals surface area contributed by atoms with Gasteiger partial charge in [0.2, 0.25) is 11.8 Å². The molecule has 5 aliphatic rings. The van der Waals surface area contributed by atoms with E-state index in [1.165, 1.54) is 26.4 Å². The first-order chi connectivity index (χ1) is 19.9. The van der Waals surface area contributed by atoms with Crippen LogP contribution in [0.15, 0.2) is 23.8 Å². The lowest BCUT2D eigenvalue weighted by Crippen LogP contribution is -2.59. The monoisotopic (exact) mass is 568 g/mol. The highest BCUT2D eigenvalue weighted by Gasteiger charge is 2.52. The van der Waals surface area contributed by atoms with Crippen LogP contribution in [0.1, 0.15) is 81.3 Å². The molecule has 3 fully saturated rings. The highest BCUT2D eigenvalue weighted by molar-refractivity contribution is 5.96. The van der Waals surface area contributed by atoms with Crippen LogP contribution >= 0.6 is 0 Å². The summed E-state index contributed by atoms with van der Waals surface area (Å²) in [5.74, 6) is 1.73. The number of carbonyl (C=O) groups excluding carboxylic acids is 2. The lowest BCUT2D eigenvalue weighted by Gasteiger charge is -2.45. The summed E-state index contributed by atoms with van der Waals surface area (Å²) in [6.07, 6.45) is 10.2. The van der Waals surface area contributed by atoms with Crippen LogP contribution in [-0.2, 0) is 16.2 Å². The molecule has 7 atom stereocenters. The Labute approximate surface area is 241 Å². The summed E-state index contributed by atoms with van der Waals surface area (Å²) in [6.45, 7) is -0.329. The van der Waals surface area contributed by atoms with Crippen molar-refractivity contribution in [2.75, 3.05) is 20.3 Å². The van der Waals surface area contributed by atoms with Crippen molar-refractivity contribution in [1.29, 1.82) is 0 Å². The minimum absolute atomic E-state index is 0.00310. The number of rotatable bonds is 9. The Morgan fingerprint density at radius 2 is 1.90 bits per heavy atom. The van der Waals surface area contributed by atoms with Crippen molar-refractivity contribution in [1.82, 2.24) is 10.2 Å². The number of nitrogens with one attached hydrogen (secondary N) is 1. The number of carbonyl (C=O) groups is 2. The molecule has 0 saturated heterocycles. The lowest BCUT2D eigenvalue weighted by molar-refractivity contribution is -0.142. The number of ether oxygens (including phenoxy) is 2. The third-order valence-electron chi connectivity index (χ3n) is 10.4. The van der Waals surface area contributed by atoms with Gasteiger partial charge >= 0.3 is 0 Å². The first-order valence-electron chi connectivity index (χ1n) is 15.5. The van der Waals surface area contributed by atoms with Crippen LogP contribution in [0.5, 0.6) is 11.5 Å². The van der Waals surface area contributed by atoms with Crippen molar-refractivity contribution in [2.24, 2.45) is 17.8 Å². The van der Waals surface area contributed by atoms with E-state index in [4.69, 9.17) is 9.47 Å². The number of methoxy groups -OCH3 is 1. The van der Waals surface area contributed by atoms with E-state index >= 15 is 0 Å². The van der Waals surface area contributed by atoms with Crippen LogP contribution < -0.4 is 14.8 Å². The van der Waals surface area contributed by atoms with Crippen molar-refractivity contribution in [3.05, 3.63) is 34.9 Å². The van der Waals surface area contributed by atoms with Crippen LogP contribution in [0.3, 0.4) is 0 Å². The number of benzene rings is 1. The first-order valence-corrected chi connectivity index (χ1v) is 15.5. The van der Waals surface area contributed by atoms with Crippen molar-refractivity contribution in [3.63, 3.8) is 0 Å². The molecule has 1 aromatic carbocycles. The molecular formula is C32H44N2O7. The van der Waals surface area contributed by atoms with Gasteiger partial charge in [0.25, 0.3) is 0 Å². The highest BCUT2D eigenvalue weighted by Crippen LogP contribution is 2.53. The van der Waals surface area contributed by atoms with E-state index in [0.717, 1.165) is 44.4 Å². The van der Waals surface area contributed by atoms with E-state index in [-0.39, 0.29) is 37.6 Å². The molecule has 2 amide bonds. The molecule has 0 aromatic heterocycles. The quantitative estimate of drug-likeness (QED) is 0.361. The number of fused-ring (bicyclic) bond motifs is 5. The molecule has 1 heterocycles. The Kier molecular flexibility index (Phi) is 8.30. The molecule has 1 aromatic rings. The van der Waals surface area contributed by atoms with E-state index in [1.54, 1.807) is 18.2 Å². The third kappa shape index (κ3) is 5.25.